The van der Waals surface area contributed by atoms with E-state index in [1.54, 1.807) is 55.6 Å². The lowest BCUT2D eigenvalue weighted by molar-refractivity contribution is -0.118. The van der Waals surface area contributed by atoms with Gasteiger partial charge in [-0.15, -0.1) is 0 Å². The van der Waals surface area contributed by atoms with Gasteiger partial charge in [-0.1, -0.05) is 17.7 Å². The Morgan fingerprint density at radius 1 is 1.03 bits per heavy atom. The van der Waals surface area contributed by atoms with E-state index in [9.17, 15) is 14.9 Å². The number of hydrogen-bond acceptors (Lipinski definition) is 6. The van der Waals surface area contributed by atoms with E-state index in [1.165, 1.54) is 13.2 Å². The number of nitrogens with zero attached hydrogens (tertiary/aromatic N) is 1. The Morgan fingerprint density at radius 3 is 2.35 bits per heavy atom. The first-order valence-corrected chi connectivity index (χ1v) is 12.3. The van der Waals surface area contributed by atoms with Crippen molar-refractivity contribution in [1.29, 1.82) is 5.26 Å². The Balaban J connectivity index is 1.72. The first kappa shape index (κ1) is 27.8. The highest BCUT2D eigenvalue weighted by atomic mass is 127. The third kappa shape index (κ3) is 7.62. The van der Waals surface area contributed by atoms with Crippen molar-refractivity contribution in [3.8, 4) is 23.3 Å². The molecule has 0 fully saturated rings. The molecular formula is C27H23ClIN3O5. The quantitative estimate of drug-likeness (QED) is 0.175. The van der Waals surface area contributed by atoms with Crippen LogP contribution in [0.2, 0.25) is 5.02 Å². The summed E-state index contributed by atoms with van der Waals surface area (Å²) in [5.41, 5.74) is 2.44. The second-order valence-corrected chi connectivity index (χ2v) is 9.26. The molecule has 0 spiro atoms. The van der Waals surface area contributed by atoms with Crippen LogP contribution in [0.1, 0.15) is 11.1 Å². The average molecular weight is 632 g/mol. The van der Waals surface area contributed by atoms with Crippen LogP contribution in [0.4, 0.5) is 11.4 Å². The summed E-state index contributed by atoms with van der Waals surface area (Å²) in [5.74, 6) is 0.421. The monoisotopic (exact) mass is 631 g/mol. The van der Waals surface area contributed by atoms with E-state index in [1.807, 2.05) is 41.7 Å². The van der Waals surface area contributed by atoms with E-state index in [4.69, 9.17) is 25.8 Å². The zero-order valence-corrected chi connectivity index (χ0v) is 23.1. The van der Waals surface area contributed by atoms with Crippen molar-refractivity contribution < 1.29 is 23.8 Å². The van der Waals surface area contributed by atoms with Crippen LogP contribution in [0.5, 0.6) is 17.2 Å². The number of nitrogens with one attached hydrogen (secondary N) is 2. The molecule has 2 amide bonds. The molecule has 0 aromatic heterocycles. The molecule has 2 N–H and O–H groups in total. The van der Waals surface area contributed by atoms with Gasteiger partial charge < -0.3 is 24.8 Å². The third-order valence-corrected chi connectivity index (χ3v) is 6.29. The highest BCUT2D eigenvalue weighted by Crippen LogP contribution is 2.35. The summed E-state index contributed by atoms with van der Waals surface area (Å²) in [6, 6.07) is 17.2. The molecule has 3 aromatic rings. The van der Waals surface area contributed by atoms with Crippen molar-refractivity contribution in [2.45, 2.75) is 6.92 Å². The lowest BCUT2D eigenvalue weighted by atomic mass is 10.1. The number of anilines is 2. The molecule has 0 saturated carbocycles. The van der Waals surface area contributed by atoms with Crippen LogP contribution in [-0.4, -0.2) is 32.6 Å². The van der Waals surface area contributed by atoms with Gasteiger partial charge in [0.05, 0.1) is 17.8 Å². The van der Waals surface area contributed by atoms with Gasteiger partial charge in [0.15, 0.2) is 18.1 Å². The van der Waals surface area contributed by atoms with Crippen LogP contribution in [0.3, 0.4) is 0 Å². The molecule has 0 aliphatic carbocycles. The topological polar surface area (TPSA) is 110 Å². The van der Waals surface area contributed by atoms with Gasteiger partial charge in [-0.3, -0.25) is 9.59 Å². The number of ether oxygens (including phenoxy) is 3. The summed E-state index contributed by atoms with van der Waals surface area (Å²) in [6.45, 7) is 1.61. The Kier molecular flexibility index (Phi) is 9.77. The number of carbonyl (C=O) groups excluding carboxylic acids is 2. The molecule has 37 heavy (non-hydrogen) atoms. The number of nitriles is 1. The Labute approximate surface area is 233 Å². The number of hydrogen-bond donors (Lipinski definition) is 2. The van der Waals surface area contributed by atoms with Crippen molar-refractivity contribution in [1.82, 2.24) is 0 Å². The number of aryl methyl sites for hydroxylation is 1. The fourth-order valence-electron chi connectivity index (χ4n) is 3.16. The lowest BCUT2D eigenvalue weighted by Crippen LogP contribution is -2.20. The molecule has 190 valence electrons. The number of amides is 2. The Morgan fingerprint density at radius 2 is 1.73 bits per heavy atom. The van der Waals surface area contributed by atoms with Crippen molar-refractivity contribution in [2.75, 3.05) is 31.5 Å². The van der Waals surface area contributed by atoms with Crippen molar-refractivity contribution in [3.05, 3.63) is 79.9 Å². The van der Waals surface area contributed by atoms with Crippen LogP contribution >= 0.6 is 34.2 Å². The maximum absolute atomic E-state index is 12.6. The lowest BCUT2D eigenvalue weighted by Gasteiger charge is -2.14. The molecule has 0 radical (unpaired) electrons. The average Bonchev–Trinajstić information content (AvgIpc) is 2.88. The second kappa shape index (κ2) is 13.0. The van der Waals surface area contributed by atoms with Crippen LogP contribution < -0.4 is 24.8 Å². The Bertz CT molecular complexity index is 1380. The summed E-state index contributed by atoms with van der Waals surface area (Å²) >= 11 is 8.14. The van der Waals surface area contributed by atoms with E-state index in [2.05, 4.69) is 10.6 Å². The van der Waals surface area contributed by atoms with Gasteiger partial charge in [-0.25, -0.2) is 0 Å². The molecule has 0 unspecified atom stereocenters. The first-order valence-electron chi connectivity index (χ1n) is 10.9. The summed E-state index contributed by atoms with van der Waals surface area (Å²) < 4.78 is 16.9. The summed E-state index contributed by atoms with van der Waals surface area (Å²) in [6.07, 6.45) is 1.45. The standard InChI is InChI=1S/C27H23ClIN3O5/c1-16-4-5-20(13-22(16)28)31-25(33)15-37-26-23(29)11-17(12-24(26)36-3)10-18(14-30)27(34)32-19-6-8-21(35-2)9-7-19/h4-13H,15H2,1-3H3,(H,31,33)(H,32,34)/b18-10-. The molecular weight excluding hydrogens is 609 g/mol. The number of methoxy groups -OCH3 is 2. The van der Waals surface area contributed by atoms with Crippen LogP contribution in [0, 0.1) is 21.8 Å². The van der Waals surface area contributed by atoms with Gasteiger partial charge >= 0.3 is 0 Å². The highest BCUT2D eigenvalue weighted by Gasteiger charge is 2.16. The predicted molar refractivity (Wildman–Crippen MR) is 151 cm³/mol. The largest absolute Gasteiger partial charge is 0.497 e. The minimum Gasteiger partial charge on any atom is -0.497 e. The molecule has 0 bridgehead atoms. The molecule has 0 saturated heterocycles. The fourth-order valence-corrected chi connectivity index (χ4v) is 4.12. The molecule has 0 aliphatic heterocycles. The van der Waals surface area contributed by atoms with Crippen LogP contribution in [0.25, 0.3) is 6.08 Å². The number of halogens is 2. The minimum absolute atomic E-state index is 0.0986. The number of rotatable bonds is 9. The van der Waals surface area contributed by atoms with Gasteiger partial charge in [-0.05, 0) is 95.2 Å². The van der Waals surface area contributed by atoms with Gasteiger partial charge in [-0.2, -0.15) is 5.26 Å². The zero-order valence-electron chi connectivity index (χ0n) is 20.2. The van der Waals surface area contributed by atoms with Gasteiger partial charge in [0.1, 0.15) is 17.4 Å². The number of carbonyl (C=O) groups is 2. The predicted octanol–water partition coefficient (Wildman–Crippen LogP) is 5.83. The number of benzene rings is 3. The fraction of sp³-hybridized carbons (Fsp3) is 0.148. The van der Waals surface area contributed by atoms with Crippen molar-refractivity contribution in [2.24, 2.45) is 0 Å². The molecule has 8 nitrogen and oxygen atoms in total. The van der Waals surface area contributed by atoms with E-state index in [-0.39, 0.29) is 18.1 Å². The highest BCUT2D eigenvalue weighted by molar-refractivity contribution is 14.1. The minimum atomic E-state index is -0.560. The molecule has 0 atom stereocenters. The third-order valence-electron chi connectivity index (χ3n) is 5.08. The molecule has 10 heteroatoms. The maximum Gasteiger partial charge on any atom is 0.266 e. The van der Waals surface area contributed by atoms with Gasteiger partial charge in [0, 0.05) is 16.4 Å². The van der Waals surface area contributed by atoms with Crippen molar-refractivity contribution in [3.63, 3.8) is 0 Å². The van der Waals surface area contributed by atoms with E-state index in [0.717, 1.165) is 5.56 Å². The molecule has 0 aliphatic rings. The summed E-state index contributed by atoms with van der Waals surface area (Å²) in [5, 5.41) is 15.5. The first-order chi connectivity index (χ1) is 17.7. The second-order valence-electron chi connectivity index (χ2n) is 7.69. The normalized spacial score (nSPS) is 10.8. The molecule has 3 rings (SSSR count). The molecule has 0 heterocycles. The van der Waals surface area contributed by atoms with Crippen LogP contribution in [0.15, 0.2) is 60.2 Å². The zero-order chi connectivity index (χ0) is 26.9. The van der Waals surface area contributed by atoms with E-state index < -0.39 is 5.91 Å². The van der Waals surface area contributed by atoms with E-state index >= 15 is 0 Å². The van der Waals surface area contributed by atoms with E-state index in [0.29, 0.717) is 42.8 Å². The van der Waals surface area contributed by atoms with Gasteiger partial charge in [0.25, 0.3) is 11.8 Å². The summed E-state index contributed by atoms with van der Waals surface area (Å²) in [4.78, 5) is 25.0. The Hall–Kier alpha value is -3.75. The summed E-state index contributed by atoms with van der Waals surface area (Å²) in [7, 11) is 3.01. The smallest absolute Gasteiger partial charge is 0.266 e. The molecule has 3 aromatic carbocycles. The van der Waals surface area contributed by atoms with Gasteiger partial charge in [0.2, 0.25) is 0 Å². The maximum atomic E-state index is 12.6. The van der Waals surface area contributed by atoms with Crippen molar-refractivity contribution >= 4 is 63.5 Å². The van der Waals surface area contributed by atoms with Crippen LogP contribution in [-0.2, 0) is 9.59 Å². The SMILES string of the molecule is COc1ccc(NC(=O)/C(C#N)=C\c2cc(I)c(OCC(=O)Nc3ccc(C)c(Cl)c3)c(OC)c2)cc1.